The highest BCUT2D eigenvalue weighted by molar-refractivity contribution is 9.09. The zero-order chi connectivity index (χ0) is 15.4. The summed E-state index contributed by atoms with van der Waals surface area (Å²) in [7, 11) is 0. The number of hydrogen-bond donors (Lipinski definition) is 0. The van der Waals surface area contributed by atoms with Gasteiger partial charge in [0.05, 0.1) is 10.6 Å². The molecule has 1 aliphatic heterocycles. The van der Waals surface area contributed by atoms with E-state index in [1.807, 2.05) is 6.07 Å². The summed E-state index contributed by atoms with van der Waals surface area (Å²) >= 11 is 3.42. The van der Waals surface area contributed by atoms with E-state index in [9.17, 15) is 14.9 Å². The Bertz CT molecular complexity index is 599. The minimum atomic E-state index is -0.421. The van der Waals surface area contributed by atoms with Gasteiger partial charge in [-0.1, -0.05) is 15.9 Å². The van der Waals surface area contributed by atoms with E-state index in [-0.39, 0.29) is 5.70 Å². The number of nitrogens with zero attached hydrogens (tertiary/aromatic N) is 2. The van der Waals surface area contributed by atoms with E-state index in [4.69, 9.17) is 0 Å². The Morgan fingerprint density at radius 1 is 1.52 bits per heavy atom. The van der Waals surface area contributed by atoms with Crippen molar-refractivity contribution >= 4 is 34.0 Å². The molecule has 5 nitrogen and oxygen atoms in total. The molecule has 0 unspecified atom stereocenters. The Balaban J connectivity index is 2.38. The second-order valence-corrected chi connectivity index (χ2v) is 5.85. The molecular formula is C15H17BrN2O3. The first kappa shape index (κ1) is 15.7. The van der Waals surface area contributed by atoms with Crippen LogP contribution < -0.4 is 4.90 Å². The van der Waals surface area contributed by atoms with Crippen LogP contribution in [-0.4, -0.2) is 29.6 Å². The number of rotatable bonds is 6. The van der Waals surface area contributed by atoms with Crippen LogP contribution in [0.4, 0.5) is 5.69 Å². The van der Waals surface area contributed by atoms with Crippen LogP contribution in [0.25, 0.3) is 6.08 Å². The molecule has 0 atom stereocenters. The Kier molecular flexibility index (Phi) is 5.12. The zero-order valence-corrected chi connectivity index (χ0v) is 13.4. The van der Waals surface area contributed by atoms with E-state index in [0.717, 1.165) is 48.8 Å². The van der Waals surface area contributed by atoms with Crippen LogP contribution in [0.2, 0.25) is 0 Å². The molecule has 0 bridgehead atoms. The van der Waals surface area contributed by atoms with E-state index < -0.39 is 4.92 Å². The van der Waals surface area contributed by atoms with Crippen molar-refractivity contribution in [3.63, 3.8) is 0 Å². The molecule has 0 saturated carbocycles. The fourth-order valence-electron chi connectivity index (χ4n) is 2.63. The van der Waals surface area contributed by atoms with Crippen molar-refractivity contribution in [1.82, 2.24) is 0 Å². The molecular weight excluding hydrogens is 336 g/mol. The van der Waals surface area contributed by atoms with Crippen LogP contribution in [0, 0.1) is 10.1 Å². The van der Waals surface area contributed by atoms with Gasteiger partial charge in [-0.15, -0.1) is 0 Å². The number of nitro groups is 1. The van der Waals surface area contributed by atoms with Crippen molar-refractivity contribution in [2.24, 2.45) is 0 Å². The van der Waals surface area contributed by atoms with Crippen molar-refractivity contribution in [3.05, 3.63) is 44.6 Å². The molecule has 21 heavy (non-hydrogen) atoms. The lowest BCUT2D eigenvalue weighted by Crippen LogP contribution is -2.23. The molecule has 0 N–H and O–H groups in total. The third kappa shape index (κ3) is 3.50. The molecule has 0 amide bonds. The molecule has 0 aliphatic carbocycles. The van der Waals surface area contributed by atoms with Crippen molar-refractivity contribution in [2.45, 2.75) is 19.8 Å². The quantitative estimate of drug-likeness (QED) is 0.341. The van der Waals surface area contributed by atoms with Gasteiger partial charge in [0.1, 0.15) is 0 Å². The highest BCUT2D eigenvalue weighted by Crippen LogP contribution is 2.33. The molecule has 112 valence electrons. The Morgan fingerprint density at radius 2 is 2.29 bits per heavy atom. The number of allylic oxidation sites excluding steroid dienone is 1. The Hall–Kier alpha value is -1.69. The number of aldehydes is 1. The number of carbonyl (C=O) groups is 1. The highest BCUT2D eigenvalue weighted by Gasteiger charge is 2.22. The molecule has 0 spiro atoms. The third-order valence-corrected chi connectivity index (χ3v) is 4.12. The summed E-state index contributed by atoms with van der Waals surface area (Å²) in [6.45, 7) is 3.25. The molecule has 1 aromatic carbocycles. The van der Waals surface area contributed by atoms with E-state index in [0.29, 0.717) is 11.1 Å². The number of fused-ring (bicyclic) bond motifs is 1. The summed E-state index contributed by atoms with van der Waals surface area (Å²) in [5.74, 6) is 0. The highest BCUT2D eigenvalue weighted by atomic mass is 79.9. The zero-order valence-electron chi connectivity index (χ0n) is 11.8. The maximum absolute atomic E-state index is 11.4. The van der Waals surface area contributed by atoms with Crippen molar-refractivity contribution < 1.29 is 9.72 Å². The van der Waals surface area contributed by atoms with Gasteiger partial charge in [0.2, 0.25) is 5.70 Å². The van der Waals surface area contributed by atoms with Gasteiger partial charge >= 0.3 is 0 Å². The first-order chi connectivity index (χ1) is 10.1. The Morgan fingerprint density at radius 3 is 2.90 bits per heavy atom. The van der Waals surface area contributed by atoms with Gasteiger partial charge in [-0.25, -0.2) is 0 Å². The molecule has 1 aromatic rings. The summed E-state index contributed by atoms with van der Waals surface area (Å²) in [5, 5.41) is 11.6. The van der Waals surface area contributed by atoms with Crippen LogP contribution >= 0.6 is 15.9 Å². The van der Waals surface area contributed by atoms with Gasteiger partial charge in [-0.05, 0) is 36.1 Å². The topological polar surface area (TPSA) is 63.5 Å². The summed E-state index contributed by atoms with van der Waals surface area (Å²) in [6, 6.07) is 3.68. The smallest absolute Gasteiger partial charge is 0.243 e. The van der Waals surface area contributed by atoms with Gasteiger partial charge in [-0.3, -0.25) is 14.9 Å². The third-order valence-electron chi connectivity index (χ3n) is 3.56. The molecule has 0 aromatic heterocycles. The summed E-state index contributed by atoms with van der Waals surface area (Å²) in [5.41, 5.74) is 3.48. The normalized spacial score (nSPS) is 14.2. The number of carbonyl (C=O) groups excluding carboxylic acids is 1. The van der Waals surface area contributed by atoms with Gasteiger partial charge in [-0.2, -0.15) is 0 Å². The predicted octanol–water partition coefficient (Wildman–Crippen LogP) is 3.28. The number of halogens is 1. The summed E-state index contributed by atoms with van der Waals surface area (Å²) < 4.78 is 0. The fraction of sp³-hybridized carbons (Fsp3) is 0.400. The predicted molar refractivity (Wildman–Crippen MR) is 86.8 cm³/mol. The standard InChI is InChI=1S/C15H17BrN2O3/c1-11(18(20)21)7-12-8-13-3-6-17(5-2-4-16)15(13)14(9-12)10-19/h7-10H,2-6H2,1H3/b11-7+. The van der Waals surface area contributed by atoms with E-state index in [2.05, 4.69) is 20.8 Å². The maximum atomic E-state index is 11.4. The molecule has 0 fully saturated rings. The van der Waals surface area contributed by atoms with E-state index >= 15 is 0 Å². The van der Waals surface area contributed by atoms with Crippen molar-refractivity contribution in [2.75, 3.05) is 23.3 Å². The van der Waals surface area contributed by atoms with Gasteiger partial charge in [0.25, 0.3) is 0 Å². The number of hydrogen-bond acceptors (Lipinski definition) is 4. The lowest BCUT2D eigenvalue weighted by molar-refractivity contribution is -0.422. The lowest BCUT2D eigenvalue weighted by atomic mass is 10.0. The number of alkyl halides is 1. The fourth-order valence-corrected chi connectivity index (χ4v) is 2.88. The van der Waals surface area contributed by atoms with E-state index in [1.165, 1.54) is 13.0 Å². The average molecular weight is 353 g/mol. The van der Waals surface area contributed by atoms with Crippen LogP contribution in [0.5, 0.6) is 0 Å². The average Bonchev–Trinajstić information content (AvgIpc) is 2.87. The van der Waals surface area contributed by atoms with Crippen molar-refractivity contribution in [1.29, 1.82) is 0 Å². The van der Waals surface area contributed by atoms with Crippen LogP contribution in [0.1, 0.15) is 34.8 Å². The molecule has 1 aliphatic rings. The van der Waals surface area contributed by atoms with Crippen molar-refractivity contribution in [3.8, 4) is 0 Å². The Labute approximate surface area is 131 Å². The first-order valence-electron chi connectivity index (χ1n) is 6.82. The SMILES string of the molecule is C/C(=C\c1cc(C=O)c2c(c1)CCN2CCCBr)[N+](=O)[O-]. The summed E-state index contributed by atoms with van der Waals surface area (Å²) in [6.07, 6.45) is 4.23. The van der Waals surface area contributed by atoms with Crippen LogP contribution in [0.3, 0.4) is 0 Å². The molecule has 0 saturated heterocycles. The second kappa shape index (κ2) is 6.85. The monoisotopic (exact) mass is 352 g/mol. The number of anilines is 1. The second-order valence-electron chi connectivity index (χ2n) is 5.06. The van der Waals surface area contributed by atoms with Gasteiger partial charge in [0, 0.05) is 37.0 Å². The molecule has 6 heteroatoms. The van der Waals surface area contributed by atoms with E-state index in [1.54, 1.807) is 6.07 Å². The largest absolute Gasteiger partial charge is 0.370 e. The minimum absolute atomic E-state index is 0.0703. The lowest BCUT2D eigenvalue weighted by Gasteiger charge is -2.20. The maximum Gasteiger partial charge on any atom is 0.243 e. The molecule has 1 heterocycles. The van der Waals surface area contributed by atoms with Crippen LogP contribution in [0.15, 0.2) is 17.8 Å². The molecule has 0 radical (unpaired) electrons. The first-order valence-corrected chi connectivity index (χ1v) is 7.94. The summed E-state index contributed by atoms with van der Waals surface area (Å²) in [4.78, 5) is 23.9. The van der Waals surface area contributed by atoms with Gasteiger partial charge < -0.3 is 4.90 Å². The van der Waals surface area contributed by atoms with Gasteiger partial charge in [0.15, 0.2) is 6.29 Å². The minimum Gasteiger partial charge on any atom is -0.370 e. The molecule has 2 rings (SSSR count). The van der Waals surface area contributed by atoms with Crippen LogP contribution in [-0.2, 0) is 6.42 Å². The number of benzene rings is 1.